The summed E-state index contributed by atoms with van der Waals surface area (Å²) in [4.78, 5) is 0. The largest absolute Gasteiger partial charge is 0.487 e. The SMILES string of the molecule is NCCc1cc(Cl)cc(Cl)c1OCc1ccc(Cl)cc1F. The number of rotatable bonds is 5. The van der Waals surface area contributed by atoms with Crippen molar-refractivity contribution in [2.75, 3.05) is 6.54 Å². The minimum atomic E-state index is -0.423. The molecule has 0 aromatic heterocycles. The van der Waals surface area contributed by atoms with Crippen molar-refractivity contribution in [2.45, 2.75) is 13.0 Å². The molecule has 2 nitrogen and oxygen atoms in total. The first kappa shape index (κ1) is 16.4. The van der Waals surface area contributed by atoms with Gasteiger partial charge in [0.1, 0.15) is 18.2 Å². The van der Waals surface area contributed by atoms with Gasteiger partial charge in [0.2, 0.25) is 0 Å². The fourth-order valence-electron chi connectivity index (χ4n) is 1.91. The zero-order valence-corrected chi connectivity index (χ0v) is 13.3. The van der Waals surface area contributed by atoms with Crippen LogP contribution in [0.15, 0.2) is 30.3 Å². The molecule has 2 N–H and O–H groups in total. The molecule has 0 aliphatic carbocycles. The van der Waals surface area contributed by atoms with Gasteiger partial charge in [0.05, 0.1) is 5.02 Å². The van der Waals surface area contributed by atoms with Crippen LogP contribution in [-0.4, -0.2) is 6.54 Å². The van der Waals surface area contributed by atoms with E-state index in [4.69, 9.17) is 45.3 Å². The second-order valence-corrected chi connectivity index (χ2v) is 5.72. The maximum Gasteiger partial charge on any atom is 0.141 e. The van der Waals surface area contributed by atoms with Crippen molar-refractivity contribution in [1.29, 1.82) is 0 Å². The third kappa shape index (κ3) is 4.24. The molecule has 2 aromatic rings. The zero-order chi connectivity index (χ0) is 15.4. The average molecular weight is 349 g/mol. The van der Waals surface area contributed by atoms with Gasteiger partial charge in [-0.05, 0) is 42.8 Å². The summed E-state index contributed by atoms with van der Waals surface area (Å²) in [7, 11) is 0. The van der Waals surface area contributed by atoms with Gasteiger partial charge >= 0.3 is 0 Å². The molecule has 0 aliphatic heterocycles. The van der Waals surface area contributed by atoms with E-state index in [0.29, 0.717) is 39.3 Å². The molecule has 0 fully saturated rings. The van der Waals surface area contributed by atoms with E-state index in [2.05, 4.69) is 0 Å². The van der Waals surface area contributed by atoms with Gasteiger partial charge in [0.25, 0.3) is 0 Å². The Morgan fingerprint density at radius 1 is 1.00 bits per heavy atom. The molecule has 0 spiro atoms. The number of halogens is 4. The smallest absolute Gasteiger partial charge is 0.141 e. The summed E-state index contributed by atoms with van der Waals surface area (Å²) in [5.74, 6) is 0.0498. The highest BCUT2D eigenvalue weighted by atomic mass is 35.5. The summed E-state index contributed by atoms with van der Waals surface area (Å²) in [6, 6.07) is 7.74. The van der Waals surface area contributed by atoms with Crippen molar-refractivity contribution in [1.82, 2.24) is 0 Å². The van der Waals surface area contributed by atoms with Crippen LogP contribution in [-0.2, 0) is 13.0 Å². The molecule has 6 heteroatoms. The molecule has 0 atom stereocenters. The second-order valence-electron chi connectivity index (χ2n) is 4.44. The van der Waals surface area contributed by atoms with E-state index in [-0.39, 0.29) is 6.61 Å². The van der Waals surface area contributed by atoms with Crippen molar-refractivity contribution in [3.8, 4) is 5.75 Å². The number of nitrogens with two attached hydrogens (primary N) is 1. The summed E-state index contributed by atoms with van der Waals surface area (Å²) < 4.78 is 19.4. The summed E-state index contributed by atoms with van der Waals surface area (Å²) >= 11 is 17.8. The van der Waals surface area contributed by atoms with Gasteiger partial charge < -0.3 is 10.5 Å². The van der Waals surface area contributed by atoms with Gasteiger partial charge in [-0.3, -0.25) is 0 Å². The van der Waals surface area contributed by atoms with Gasteiger partial charge in [-0.15, -0.1) is 0 Å². The molecular formula is C15H13Cl3FNO. The highest BCUT2D eigenvalue weighted by Gasteiger charge is 2.12. The van der Waals surface area contributed by atoms with Crippen LogP contribution in [0.5, 0.6) is 5.75 Å². The lowest BCUT2D eigenvalue weighted by Crippen LogP contribution is -2.06. The molecule has 0 bridgehead atoms. The quantitative estimate of drug-likeness (QED) is 0.837. The Kier molecular flexibility index (Phi) is 5.71. The van der Waals surface area contributed by atoms with Gasteiger partial charge in [-0.2, -0.15) is 0 Å². The Balaban J connectivity index is 2.23. The first-order chi connectivity index (χ1) is 10.0. The molecule has 2 aromatic carbocycles. The molecule has 2 rings (SSSR count). The van der Waals surface area contributed by atoms with Crippen LogP contribution in [0, 0.1) is 5.82 Å². The van der Waals surface area contributed by atoms with Crippen molar-refractivity contribution >= 4 is 34.8 Å². The summed E-state index contributed by atoms with van der Waals surface area (Å²) in [5.41, 5.74) is 6.75. The summed E-state index contributed by atoms with van der Waals surface area (Å²) in [5, 5.41) is 1.22. The van der Waals surface area contributed by atoms with E-state index in [1.165, 1.54) is 6.07 Å². The molecule has 0 heterocycles. The van der Waals surface area contributed by atoms with Crippen molar-refractivity contribution < 1.29 is 9.13 Å². The van der Waals surface area contributed by atoms with Crippen LogP contribution in [0.1, 0.15) is 11.1 Å². The lowest BCUT2D eigenvalue weighted by molar-refractivity contribution is 0.297. The number of hydrogen-bond donors (Lipinski definition) is 1. The molecule has 0 radical (unpaired) electrons. The predicted molar refractivity (Wildman–Crippen MR) is 85.0 cm³/mol. The monoisotopic (exact) mass is 347 g/mol. The Hall–Kier alpha value is -1.00. The normalized spacial score (nSPS) is 10.7. The first-order valence-corrected chi connectivity index (χ1v) is 7.39. The fourth-order valence-corrected chi connectivity index (χ4v) is 2.65. The zero-order valence-electron chi connectivity index (χ0n) is 11.0. The maximum absolute atomic E-state index is 13.7. The minimum absolute atomic E-state index is 0.0436. The summed E-state index contributed by atoms with van der Waals surface area (Å²) in [6.07, 6.45) is 0.568. The second kappa shape index (κ2) is 7.32. The van der Waals surface area contributed by atoms with E-state index in [1.807, 2.05) is 0 Å². The lowest BCUT2D eigenvalue weighted by Gasteiger charge is -2.14. The van der Waals surface area contributed by atoms with Crippen LogP contribution in [0.2, 0.25) is 15.1 Å². The molecule has 0 unspecified atom stereocenters. The lowest BCUT2D eigenvalue weighted by atomic mass is 10.1. The highest BCUT2D eigenvalue weighted by molar-refractivity contribution is 6.35. The van der Waals surface area contributed by atoms with Crippen LogP contribution in [0.4, 0.5) is 4.39 Å². The fraction of sp³-hybridized carbons (Fsp3) is 0.200. The molecule has 0 aliphatic rings. The molecule has 112 valence electrons. The Morgan fingerprint density at radius 3 is 2.43 bits per heavy atom. The Bertz CT molecular complexity index is 649. The highest BCUT2D eigenvalue weighted by Crippen LogP contribution is 2.33. The number of ether oxygens (including phenoxy) is 1. The minimum Gasteiger partial charge on any atom is -0.487 e. The number of benzene rings is 2. The van der Waals surface area contributed by atoms with Crippen LogP contribution < -0.4 is 10.5 Å². The number of hydrogen-bond acceptors (Lipinski definition) is 2. The standard InChI is InChI=1S/C15H13Cl3FNO/c16-11-2-1-10(14(19)7-11)8-21-15-9(3-4-20)5-12(17)6-13(15)18/h1-2,5-7H,3-4,8,20H2. The van der Waals surface area contributed by atoms with Crippen molar-refractivity contribution in [3.05, 3.63) is 62.3 Å². The molecule has 0 saturated carbocycles. The van der Waals surface area contributed by atoms with Gasteiger partial charge in [0, 0.05) is 15.6 Å². The topological polar surface area (TPSA) is 35.2 Å². The van der Waals surface area contributed by atoms with Gasteiger partial charge in [-0.25, -0.2) is 4.39 Å². The van der Waals surface area contributed by atoms with Crippen LogP contribution in [0.3, 0.4) is 0 Å². The van der Waals surface area contributed by atoms with Crippen LogP contribution in [0.25, 0.3) is 0 Å². The van der Waals surface area contributed by atoms with Crippen molar-refractivity contribution in [3.63, 3.8) is 0 Å². The third-order valence-corrected chi connectivity index (χ3v) is 3.62. The predicted octanol–water partition coefficient (Wildman–Crippen LogP) is 4.87. The average Bonchev–Trinajstić information content (AvgIpc) is 2.40. The van der Waals surface area contributed by atoms with E-state index < -0.39 is 5.82 Å². The maximum atomic E-state index is 13.7. The first-order valence-electron chi connectivity index (χ1n) is 6.26. The Labute approximate surface area is 137 Å². The van der Waals surface area contributed by atoms with Gasteiger partial charge in [0.15, 0.2) is 0 Å². The van der Waals surface area contributed by atoms with Crippen LogP contribution >= 0.6 is 34.8 Å². The molecule has 0 amide bonds. The molecule has 0 saturated heterocycles. The molecular weight excluding hydrogens is 336 g/mol. The Morgan fingerprint density at radius 2 is 1.76 bits per heavy atom. The van der Waals surface area contributed by atoms with E-state index in [9.17, 15) is 4.39 Å². The van der Waals surface area contributed by atoms with E-state index in [1.54, 1.807) is 24.3 Å². The molecule has 21 heavy (non-hydrogen) atoms. The van der Waals surface area contributed by atoms with E-state index in [0.717, 1.165) is 5.56 Å². The van der Waals surface area contributed by atoms with Gasteiger partial charge in [-0.1, -0.05) is 40.9 Å². The third-order valence-electron chi connectivity index (χ3n) is 2.89. The summed E-state index contributed by atoms with van der Waals surface area (Å²) in [6.45, 7) is 0.476. The van der Waals surface area contributed by atoms with E-state index >= 15 is 0 Å². The van der Waals surface area contributed by atoms with Crippen molar-refractivity contribution in [2.24, 2.45) is 5.73 Å².